The molecule has 0 atom stereocenters. The number of nitrogens with one attached hydrogen (secondary N) is 1. The Morgan fingerprint density at radius 2 is 2.04 bits per heavy atom. The molecule has 0 aliphatic heterocycles. The molecule has 6 nitrogen and oxygen atoms in total. The fraction of sp³-hybridized carbons (Fsp3) is 0.158. The van der Waals surface area contributed by atoms with Crippen molar-refractivity contribution in [1.29, 1.82) is 0 Å². The number of amides is 1. The predicted octanol–water partition coefficient (Wildman–Crippen LogP) is 2.53. The molecule has 0 aliphatic rings. The summed E-state index contributed by atoms with van der Waals surface area (Å²) < 4.78 is 0. The zero-order chi connectivity index (χ0) is 18.4. The monoisotopic (exact) mass is 337 g/mol. The number of rotatable bonds is 6. The molecule has 1 aromatic carbocycles. The molecule has 1 amide bonds. The van der Waals surface area contributed by atoms with Gasteiger partial charge in [0.2, 0.25) is 0 Å². The van der Waals surface area contributed by atoms with Crippen LogP contribution >= 0.6 is 0 Å². The normalized spacial score (nSPS) is 10.6. The first kappa shape index (κ1) is 18.1. The average molecular weight is 337 g/mol. The van der Waals surface area contributed by atoms with Crippen molar-refractivity contribution in [1.82, 2.24) is 15.1 Å². The van der Waals surface area contributed by atoms with Crippen molar-refractivity contribution in [3.8, 4) is 0 Å². The maximum atomic E-state index is 12.6. The third-order valence-corrected chi connectivity index (χ3v) is 3.73. The van der Waals surface area contributed by atoms with Crippen molar-refractivity contribution in [2.24, 2.45) is 0 Å². The first-order chi connectivity index (χ1) is 12.0. The lowest BCUT2D eigenvalue weighted by Crippen LogP contribution is -2.29. The summed E-state index contributed by atoms with van der Waals surface area (Å²) in [5.74, 6) is -0.303. The molecule has 0 unspecified atom stereocenters. The number of aldehydes is 1. The predicted molar refractivity (Wildman–Crippen MR) is 97.3 cm³/mol. The van der Waals surface area contributed by atoms with Gasteiger partial charge in [-0.25, -0.2) is 5.10 Å². The van der Waals surface area contributed by atoms with Gasteiger partial charge in [0.05, 0.1) is 17.8 Å². The van der Waals surface area contributed by atoms with Crippen LogP contribution in [0.2, 0.25) is 0 Å². The molecule has 1 N–H and O–H groups in total. The summed E-state index contributed by atoms with van der Waals surface area (Å²) in [6.45, 7) is 5.66. The fourth-order valence-electron chi connectivity index (χ4n) is 2.49. The molecule has 1 aromatic heterocycles. The molecular formula is C19H19N3O3. The van der Waals surface area contributed by atoms with E-state index in [1.807, 2.05) is 6.92 Å². The van der Waals surface area contributed by atoms with Crippen LogP contribution in [0.25, 0.3) is 12.2 Å². The Balaban J connectivity index is 2.39. The van der Waals surface area contributed by atoms with Crippen molar-refractivity contribution in [3.63, 3.8) is 0 Å². The van der Waals surface area contributed by atoms with E-state index in [0.29, 0.717) is 34.2 Å². The molecule has 0 radical (unpaired) electrons. The van der Waals surface area contributed by atoms with E-state index in [1.165, 1.54) is 11.0 Å². The van der Waals surface area contributed by atoms with Crippen LogP contribution < -0.4 is 5.56 Å². The molecule has 0 fully saturated rings. The van der Waals surface area contributed by atoms with Gasteiger partial charge in [-0.2, -0.15) is 5.10 Å². The van der Waals surface area contributed by atoms with Gasteiger partial charge in [-0.15, -0.1) is 0 Å². The zero-order valence-corrected chi connectivity index (χ0v) is 14.2. The minimum atomic E-state index is -0.341. The van der Waals surface area contributed by atoms with Crippen LogP contribution in [0.15, 0.2) is 41.7 Å². The van der Waals surface area contributed by atoms with Gasteiger partial charge in [0, 0.05) is 23.7 Å². The SMILES string of the molecule is C=Cc1c(/C=C\C)c(CN(C)C(=O)c2ccccc2C=O)n[nH]c1=O. The number of H-pyrrole nitrogens is 1. The maximum Gasteiger partial charge on any atom is 0.272 e. The maximum absolute atomic E-state index is 12.6. The Morgan fingerprint density at radius 1 is 1.32 bits per heavy atom. The molecule has 0 saturated carbocycles. The molecule has 2 aromatic rings. The van der Waals surface area contributed by atoms with E-state index >= 15 is 0 Å². The number of carbonyl (C=O) groups is 2. The number of nitrogens with zero attached hydrogens (tertiary/aromatic N) is 2. The van der Waals surface area contributed by atoms with Gasteiger partial charge in [0.15, 0.2) is 6.29 Å². The summed E-state index contributed by atoms with van der Waals surface area (Å²) in [7, 11) is 1.61. The third kappa shape index (κ3) is 3.80. The summed E-state index contributed by atoms with van der Waals surface area (Å²) in [5, 5.41) is 6.48. The van der Waals surface area contributed by atoms with Crippen LogP contribution in [0.1, 0.15) is 44.5 Å². The van der Waals surface area contributed by atoms with Gasteiger partial charge in [-0.1, -0.05) is 43.0 Å². The number of benzene rings is 1. The molecule has 25 heavy (non-hydrogen) atoms. The largest absolute Gasteiger partial charge is 0.336 e. The number of hydrogen-bond acceptors (Lipinski definition) is 4. The van der Waals surface area contributed by atoms with E-state index in [9.17, 15) is 14.4 Å². The second kappa shape index (κ2) is 8.01. The minimum Gasteiger partial charge on any atom is -0.336 e. The Bertz CT molecular complexity index is 897. The Morgan fingerprint density at radius 3 is 2.68 bits per heavy atom. The van der Waals surface area contributed by atoms with E-state index in [4.69, 9.17) is 0 Å². The third-order valence-electron chi connectivity index (χ3n) is 3.73. The molecule has 0 spiro atoms. The highest BCUT2D eigenvalue weighted by atomic mass is 16.2. The van der Waals surface area contributed by atoms with E-state index in [1.54, 1.807) is 43.5 Å². The van der Waals surface area contributed by atoms with Gasteiger partial charge in [0.25, 0.3) is 11.5 Å². The highest BCUT2D eigenvalue weighted by Crippen LogP contribution is 2.16. The lowest BCUT2D eigenvalue weighted by atomic mass is 10.1. The van der Waals surface area contributed by atoms with Crippen LogP contribution in [-0.4, -0.2) is 34.3 Å². The average Bonchev–Trinajstić information content (AvgIpc) is 2.63. The molecule has 2 rings (SSSR count). The molecule has 6 heteroatoms. The van der Waals surface area contributed by atoms with Gasteiger partial charge in [0.1, 0.15) is 0 Å². The Hall–Kier alpha value is -3.28. The summed E-state index contributed by atoms with van der Waals surface area (Å²) in [6.07, 6.45) is 5.66. The number of allylic oxidation sites excluding steroid dienone is 1. The van der Waals surface area contributed by atoms with Crippen molar-refractivity contribution in [2.45, 2.75) is 13.5 Å². The molecule has 128 valence electrons. The fourth-order valence-corrected chi connectivity index (χ4v) is 2.49. The van der Waals surface area contributed by atoms with E-state index in [-0.39, 0.29) is 18.0 Å². The summed E-state index contributed by atoms with van der Waals surface area (Å²) in [4.78, 5) is 37.1. The van der Waals surface area contributed by atoms with Crippen LogP contribution in [0.3, 0.4) is 0 Å². The van der Waals surface area contributed by atoms with Crippen molar-refractivity contribution >= 4 is 24.3 Å². The van der Waals surface area contributed by atoms with E-state index < -0.39 is 0 Å². The summed E-state index contributed by atoms with van der Waals surface area (Å²) in [6, 6.07) is 6.59. The number of carbonyl (C=O) groups excluding carboxylic acids is 2. The number of aromatic amines is 1. The van der Waals surface area contributed by atoms with Crippen LogP contribution in [-0.2, 0) is 6.54 Å². The van der Waals surface area contributed by atoms with Gasteiger partial charge < -0.3 is 4.90 Å². The van der Waals surface area contributed by atoms with Gasteiger partial charge in [-0.05, 0) is 13.0 Å². The van der Waals surface area contributed by atoms with Gasteiger partial charge in [-0.3, -0.25) is 14.4 Å². The first-order valence-corrected chi connectivity index (χ1v) is 7.69. The Kier molecular flexibility index (Phi) is 5.79. The number of aromatic nitrogens is 2. The second-order valence-corrected chi connectivity index (χ2v) is 5.40. The van der Waals surface area contributed by atoms with Crippen molar-refractivity contribution in [2.75, 3.05) is 7.05 Å². The Labute approximate surface area is 145 Å². The highest BCUT2D eigenvalue weighted by Gasteiger charge is 2.18. The highest BCUT2D eigenvalue weighted by molar-refractivity contribution is 6.01. The van der Waals surface area contributed by atoms with E-state index in [0.717, 1.165) is 0 Å². The molecule has 1 heterocycles. The van der Waals surface area contributed by atoms with Gasteiger partial charge >= 0.3 is 0 Å². The number of hydrogen-bond donors (Lipinski definition) is 1. The minimum absolute atomic E-state index is 0.170. The smallest absolute Gasteiger partial charge is 0.272 e. The quantitative estimate of drug-likeness (QED) is 0.821. The molecule has 0 saturated heterocycles. The lowest BCUT2D eigenvalue weighted by molar-refractivity contribution is 0.0780. The summed E-state index contributed by atoms with van der Waals surface area (Å²) >= 11 is 0. The van der Waals surface area contributed by atoms with Crippen molar-refractivity contribution in [3.05, 3.63) is 75.2 Å². The summed E-state index contributed by atoms with van der Waals surface area (Å²) in [5.41, 5.74) is 1.86. The van der Waals surface area contributed by atoms with Crippen LogP contribution in [0, 0.1) is 0 Å². The first-order valence-electron chi connectivity index (χ1n) is 7.69. The molecule has 0 bridgehead atoms. The van der Waals surface area contributed by atoms with E-state index in [2.05, 4.69) is 16.8 Å². The molecular weight excluding hydrogens is 318 g/mol. The topological polar surface area (TPSA) is 83.1 Å². The lowest BCUT2D eigenvalue weighted by Gasteiger charge is -2.19. The zero-order valence-electron chi connectivity index (χ0n) is 14.2. The standard InChI is InChI=1S/C19H19N3O3/c1-4-8-16-14(5-2)18(24)21-20-17(16)11-22(3)19(25)15-10-7-6-9-13(15)12-23/h4-10,12H,2,11H2,1,3H3,(H,21,24)/b8-4-. The van der Waals surface area contributed by atoms with Crippen LogP contribution in [0.4, 0.5) is 0 Å². The second-order valence-electron chi connectivity index (χ2n) is 5.40. The molecule has 0 aliphatic carbocycles. The van der Waals surface area contributed by atoms with Crippen LogP contribution in [0.5, 0.6) is 0 Å². The van der Waals surface area contributed by atoms with Crippen molar-refractivity contribution < 1.29 is 9.59 Å².